The molecule has 0 bridgehead atoms. The first-order chi connectivity index (χ1) is 7.96. The van der Waals surface area contributed by atoms with E-state index in [0.29, 0.717) is 38.7 Å². The lowest BCUT2D eigenvalue weighted by Gasteiger charge is -2.33. The minimum absolute atomic E-state index is 0. The third-order valence-corrected chi connectivity index (χ3v) is 3.03. The molecular formula is C12H27ClN2O3. The number of rotatable bonds is 9. The van der Waals surface area contributed by atoms with E-state index in [9.17, 15) is 4.79 Å². The van der Waals surface area contributed by atoms with Gasteiger partial charge in [-0.2, -0.15) is 0 Å². The highest BCUT2D eigenvalue weighted by Crippen LogP contribution is 2.14. The summed E-state index contributed by atoms with van der Waals surface area (Å²) < 4.78 is 10.1. The Morgan fingerprint density at radius 3 is 2.39 bits per heavy atom. The zero-order valence-electron chi connectivity index (χ0n) is 11.8. The molecule has 0 heterocycles. The van der Waals surface area contributed by atoms with E-state index < -0.39 is 0 Å². The van der Waals surface area contributed by atoms with Gasteiger partial charge in [0.15, 0.2) is 0 Å². The predicted molar refractivity (Wildman–Crippen MR) is 75.0 cm³/mol. The predicted octanol–water partition coefficient (Wildman–Crippen LogP) is 0.951. The molecule has 0 spiro atoms. The molecular weight excluding hydrogens is 256 g/mol. The van der Waals surface area contributed by atoms with Gasteiger partial charge in [0.25, 0.3) is 0 Å². The zero-order valence-corrected chi connectivity index (χ0v) is 12.6. The monoisotopic (exact) mass is 282 g/mol. The first kappa shape index (κ1) is 20.0. The molecule has 0 aromatic rings. The summed E-state index contributed by atoms with van der Waals surface area (Å²) in [5, 5.41) is 2.96. The van der Waals surface area contributed by atoms with E-state index in [1.807, 2.05) is 20.8 Å². The molecule has 5 nitrogen and oxygen atoms in total. The van der Waals surface area contributed by atoms with Crippen molar-refractivity contribution in [3.8, 4) is 0 Å². The molecule has 0 aromatic heterocycles. The number of amides is 1. The molecule has 0 aromatic carbocycles. The fourth-order valence-corrected chi connectivity index (χ4v) is 1.22. The van der Waals surface area contributed by atoms with Crippen LogP contribution in [0.15, 0.2) is 0 Å². The van der Waals surface area contributed by atoms with Crippen LogP contribution in [0.25, 0.3) is 0 Å². The number of hydrogen-bond acceptors (Lipinski definition) is 4. The van der Waals surface area contributed by atoms with E-state index in [1.165, 1.54) is 0 Å². The average molecular weight is 283 g/mol. The fourth-order valence-electron chi connectivity index (χ4n) is 1.22. The Bertz CT molecular complexity index is 227. The Morgan fingerprint density at radius 2 is 1.94 bits per heavy atom. The van der Waals surface area contributed by atoms with Crippen LogP contribution >= 0.6 is 12.4 Å². The smallest absolute Gasteiger partial charge is 0.222 e. The Balaban J connectivity index is 0. The van der Waals surface area contributed by atoms with Crippen molar-refractivity contribution >= 4 is 18.3 Å². The van der Waals surface area contributed by atoms with Crippen LogP contribution in [0.4, 0.5) is 0 Å². The Hall–Kier alpha value is -0.360. The van der Waals surface area contributed by atoms with Gasteiger partial charge in [0.1, 0.15) is 0 Å². The fraction of sp³-hybridized carbons (Fsp3) is 0.917. The molecule has 1 unspecified atom stereocenters. The second-order valence-electron chi connectivity index (χ2n) is 4.68. The van der Waals surface area contributed by atoms with Crippen molar-refractivity contribution in [3.63, 3.8) is 0 Å². The topological polar surface area (TPSA) is 73.6 Å². The number of ether oxygens (including phenoxy) is 2. The molecule has 18 heavy (non-hydrogen) atoms. The summed E-state index contributed by atoms with van der Waals surface area (Å²) in [5.41, 5.74) is 5.34. The quantitative estimate of drug-likeness (QED) is 0.618. The zero-order chi connectivity index (χ0) is 13.3. The molecule has 0 aliphatic carbocycles. The van der Waals surface area contributed by atoms with Crippen molar-refractivity contribution in [2.75, 3.05) is 33.5 Å². The number of carbonyl (C=O) groups is 1. The van der Waals surface area contributed by atoms with Crippen LogP contribution in [-0.2, 0) is 14.3 Å². The second kappa shape index (κ2) is 10.6. The van der Waals surface area contributed by atoms with E-state index in [-0.39, 0.29) is 23.9 Å². The second-order valence-corrected chi connectivity index (χ2v) is 4.68. The molecule has 0 fully saturated rings. The average Bonchev–Trinajstić information content (AvgIpc) is 2.28. The lowest BCUT2D eigenvalue weighted by Crippen LogP contribution is -2.55. The van der Waals surface area contributed by atoms with Gasteiger partial charge in [-0.05, 0) is 12.8 Å². The largest absolute Gasteiger partial charge is 0.382 e. The number of nitrogens with two attached hydrogens (primary N) is 1. The molecule has 6 heteroatoms. The third-order valence-electron chi connectivity index (χ3n) is 3.03. The van der Waals surface area contributed by atoms with Gasteiger partial charge in [-0.15, -0.1) is 12.4 Å². The summed E-state index contributed by atoms with van der Waals surface area (Å²) in [6.07, 6.45) is 0.353. The highest BCUT2D eigenvalue weighted by molar-refractivity contribution is 5.85. The SMILES string of the molecule is COCCOCCC(=O)NC(C)(CN)C(C)C.Cl. The molecule has 3 N–H and O–H groups in total. The summed E-state index contributed by atoms with van der Waals surface area (Å²) in [5.74, 6) is 0.273. The Kier molecular flexibility index (Phi) is 11.7. The maximum Gasteiger partial charge on any atom is 0.222 e. The van der Waals surface area contributed by atoms with Crippen molar-refractivity contribution in [2.45, 2.75) is 32.7 Å². The summed E-state index contributed by atoms with van der Waals surface area (Å²) >= 11 is 0. The van der Waals surface area contributed by atoms with Crippen LogP contribution in [0, 0.1) is 5.92 Å². The van der Waals surface area contributed by atoms with Crippen molar-refractivity contribution in [2.24, 2.45) is 11.7 Å². The molecule has 1 amide bonds. The highest BCUT2D eigenvalue weighted by Gasteiger charge is 2.28. The molecule has 0 aliphatic rings. The Morgan fingerprint density at radius 1 is 1.33 bits per heavy atom. The van der Waals surface area contributed by atoms with Crippen LogP contribution in [0.5, 0.6) is 0 Å². The van der Waals surface area contributed by atoms with E-state index in [2.05, 4.69) is 5.32 Å². The van der Waals surface area contributed by atoms with Crippen LogP contribution in [-0.4, -0.2) is 44.9 Å². The summed E-state index contributed by atoms with van der Waals surface area (Å²) in [4.78, 5) is 11.7. The van der Waals surface area contributed by atoms with Gasteiger partial charge in [0.05, 0.1) is 25.4 Å². The molecule has 0 aliphatic heterocycles. The molecule has 0 saturated carbocycles. The van der Waals surface area contributed by atoms with Crippen molar-refractivity contribution < 1.29 is 14.3 Å². The normalized spacial score (nSPS) is 13.9. The first-order valence-corrected chi connectivity index (χ1v) is 6.04. The lowest BCUT2D eigenvalue weighted by molar-refractivity contribution is -0.124. The van der Waals surface area contributed by atoms with Gasteiger partial charge in [-0.3, -0.25) is 4.79 Å². The molecule has 0 saturated heterocycles. The standard InChI is InChI=1S/C12H26N2O3.ClH/c1-10(2)12(3,9-13)14-11(15)5-6-17-8-7-16-4;/h10H,5-9,13H2,1-4H3,(H,14,15);1H. The van der Waals surface area contributed by atoms with Gasteiger partial charge in [-0.25, -0.2) is 0 Å². The van der Waals surface area contributed by atoms with Gasteiger partial charge in [0, 0.05) is 20.1 Å². The molecule has 110 valence electrons. The number of methoxy groups -OCH3 is 1. The molecule has 0 radical (unpaired) electrons. The molecule has 1 atom stereocenters. The molecule has 0 rings (SSSR count). The van der Waals surface area contributed by atoms with E-state index in [0.717, 1.165) is 0 Å². The van der Waals surface area contributed by atoms with Gasteiger partial charge < -0.3 is 20.5 Å². The van der Waals surface area contributed by atoms with Crippen molar-refractivity contribution in [3.05, 3.63) is 0 Å². The van der Waals surface area contributed by atoms with E-state index in [4.69, 9.17) is 15.2 Å². The van der Waals surface area contributed by atoms with Crippen molar-refractivity contribution in [1.82, 2.24) is 5.32 Å². The van der Waals surface area contributed by atoms with Crippen LogP contribution < -0.4 is 11.1 Å². The number of halogens is 1. The number of hydrogen-bond donors (Lipinski definition) is 2. The van der Waals surface area contributed by atoms with Crippen molar-refractivity contribution in [1.29, 1.82) is 0 Å². The Labute approximate surface area is 116 Å². The first-order valence-electron chi connectivity index (χ1n) is 6.04. The minimum atomic E-state index is -0.344. The summed E-state index contributed by atoms with van der Waals surface area (Å²) in [7, 11) is 1.62. The van der Waals surface area contributed by atoms with Crippen LogP contribution in [0.1, 0.15) is 27.2 Å². The third kappa shape index (κ3) is 7.87. The van der Waals surface area contributed by atoms with Gasteiger partial charge in [0.2, 0.25) is 5.91 Å². The maximum absolute atomic E-state index is 11.7. The summed E-state index contributed by atoms with van der Waals surface area (Å²) in [6.45, 7) is 7.96. The van der Waals surface area contributed by atoms with Gasteiger partial charge >= 0.3 is 0 Å². The highest BCUT2D eigenvalue weighted by atomic mass is 35.5. The minimum Gasteiger partial charge on any atom is -0.382 e. The number of nitrogens with one attached hydrogen (secondary N) is 1. The van der Waals surface area contributed by atoms with E-state index >= 15 is 0 Å². The van der Waals surface area contributed by atoms with Gasteiger partial charge in [-0.1, -0.05) is 13.8 Å². The van der Waals surface area contributed by atoms with E-state index in [1.54, 1.807) is 7.11 Å². The summed E-state index contributed by atoms with van der Waals surface area (Å²) in [6, 6.07) is 0. The number of carbonyl (C=O) groups excluding carboxylic acids is 1. The van der Waals surface area contributed by atoms with Crippen LogP contribution in [0.3, 0.4) is 0 Å². The maximum atomic E-state index is 11.7. The van der Waals surface area contributed by atoms with Crippen LogP contribution in [0.2, 0.25) is 0 Å². The lowest BCUT2D eigenvalue weighted by atomic mass is 9.88.